The Hall–Kier alpha value is -1.04. The van der Waals surface area contributed by atoms with E-state index in [1.54, 1.807) is 0 Å². The first kappa shape index (κ1) is 13.9. The highest BCUT2D eigenvalue weighted by molar-refractivity contribution is 8.00. The summed E-state index contributed by atoms with van der Waals surface area (Å²) in [6.07, 6.45) is 1.74. The topological polar surface area (TPSA) is 52.6 Å². The molecule has 108 valence electrons. The zero-order valence-electron chi connectivity index (χ0n) is 11.4. The number of likely N-dealkylation sites (tertiary alicyclic amines) is 1. The minimum Gasteiger partial charge on any atom is -0.480 e. The van der Waals surface area contributed by atoms with Crippen LogP contribution in [0.5, 0.6) is 0 Å². The fourth-order valence-electron chi connectivity index (χ4n) is 3.06. The number of rotatable bonds is 3. The van der Waals surface area contributed by atoms with Crippen molar-refractivity contribution in [2.24, 2.45) is 0 Å². The Kier molecular flexibility index (Phi) is 4.01. The fraction of sp³-hybridized carbons (Fsp3) is 0.533. The summed E-state index contributed by atoms with van der Waals surface area (Å²) >= 11 is 1.89. The van der Waals surface area contributed by atoms with Gasteiger partial charge in [0, 0.05) is 19.6 Å². The Bertz CT molecular complexity index is 482. The van der Waals surface area contributed by atoms with Gasteiger partial charge in [-0.15, -0.1) is 11.8 Å². The van der Waals surface area contributed by atoms with Crippen LogP contribution in [-0.4, -0.2) is 45.7 Å². The van der Waals surface area contributed by atoms with Gasteiger partial charge in [0.1, 0.15) is 6.04 Å². The van der Waals surface area contributed by atoms with E-state index in [-0.39, 0.29) is 10.9 Å². The summed E-state index contributed by atoms with van der Waals surface area (Å²) in [5.41, 5.74) is 1.32. The SMILES string of the molecule is O=C(O)C1CCSC2(CCN(Cc3ccccc3)C2)N1. The monoisotopic (exact) mass is 292 g/mol. The van der Waals surface area contributed by atoms with Gasteiger partial charge in [0.25, 0.3) is 0 Å². The van der Waals surface area contributed by atoms with Gasteiger partial charge in [-0.25, -0.2) is 0 Å². The minimum absolute atomic E-state index is 0.0594. The molecular weight excluding hydrogens is 272 g/mol. The maximum Gasteiger partial charge on any atom is 0.320 e. The number of hydrogen-bond donors (Lipinski definition) is 2. The number of carboxylic acid groups (broad SMARTS) is 1. The van der Waals surface area contributed by atoms with Crippen LogP contribution in [0.15, 0.2) is 30.3 Å². The van der Waals surface area contributed by atoms with Crippen molar-refractivity contribution in [2.45, 2.75) is 30.3 Å². The predicted octanol–water partition coefficient (Wildman–Crippen LogP) is 1.77. The van der Waals surface area contributed by atoms with Crippen LogP contribution in [0.4, 0.5) is 0 Å². The van der Waals surface area contributed by atoms with Gasteiger partial charge >= 0.3 is 5.97 Å². The Morgan fingerprint density at radius 1 is 1.45 bits per heavy atom. The summed E-state index contributed by atoms with van der Waals surface area (Å²) < 4.78 is 0. The molecule has 2 heterocycles. The van der Waals surface area contributed by atoms with Crippen LogP contribution in [0.1, 0.15) is 18.4 Å². The van der Waals surface area contributed by atoms with E-state index < -0.39 is 5.97 Å². The number of hydrogen-bond acceptors (Lipinski definition) is 4. The van der Waals surface area contributed by atoms with E-state index in [1.165, 1.54) is 5.56 Å². The maximum absolute atomic E-state index is 11.2. The minimum atomic E-state index is -0.716. The lowest BCUT2D eigenvalue weighted by atomic mass is 10.1. The molecule has 1 spiro atoms. The van der Waals surface area contributed by atoms with Crippen molar-refractivity contribution < 1.29 is 9.90 Å². The summed E-state index contributed by atoms with van der Waals surface area (Å²) in [7, 11) is 0. The van der Waals surface area contributed by atoms with Crippen molar-refractivity contribution >= 4 is 17.7 Å². The van der Waals surface area contributed by atoms with Crippen LogP contribution in [0.2, 0.25) is 0 Å². The van der Waals surface area contributed by atoms with Crippen LogP contribution < -0.4 is 5.32 Å². The van der Waals surface area contributed by atoms with Gasteiger partial charge in [-0.1, -0.05) is 30.3 Å². The molecule has 2 unspecified atom stereocenters. The number of carboxylic acids is 1. The molecule has 2 atom stereocenters. The molecule has 2 saturated heterocycles. The molecule has 0 bridgehead atoms. The zero-order valence-corrected chi connectivity index (χ0v) is 12.2. The molecule has 1 aromatic carbocycles. The number of nitrogens with one attached hydrogen (secondary N) is 1. The number of nitrogens with zero attached hydrogens (tertiary/aromatic N) is 1. The lowest BCUT2D eigenvalue weighted by Crippen LogP contribution is -2.55. The van der Waals surface area contributed by atoms with Crippen molar-refractivity contribution in [3.8, 4) is 0 Å². The van der Waals surface area contributed by atoms with Gasteiger partial charge < -0.3 is 5.11 Å². The molecule has 3 rings (SSSR count). The number of aliphatic carboxylic acids is 1. The van der Waals surface area contributed by atoms with Crippen LogP contribution >= 0.6 is 11.8 Å². The molecule has 2 fully saturated rings. The first-order valence-electron chi connectivity index (χ1n) is 7.08. The van der Waals surface area contributed by atoms with Gasteiger partial charge in [-0.3, -0.25) is 15.0 Å². The highest BCUT2D eigenvalue weighted by Gasteiger charge is 2.43. The molecule has 5 heteroatoms. The molecule has 0 aliphatic carbocycles. The molecule has 2 aliphatic heterocycles. The van der Waals surface area contributed by atoms with E-state index in [1.807, 2.05) is 17.8 Å². The van der Waals surface area contributed by atoms with Gasteiger partial charge in [0.05, 0.1) is 4.87 Å². The van der Waals surface area contributed by atoms with E-state index >= 15 is 0 Å². The lowest BCUT2D eigenvalue weighted by molar-refractivity contribution is -0.140. The number of thioether (sulfide) groups is 1. The maximum atomic E-state index is 11.2. The van der Waals surface area contributed by atoms with Gasteiger partial charge in [0.15, 0.2) is 0 Å². The van der Waals surface area contributed by atoms with Crippen LogP contribution in [0.3, 0.4) is 0 Å². The van der Waals surface area contributed by atoms with Crippen molar-refractivity contribution in [2.75, 3.05) is 18.8 Å². The molecule has 0 radical (unpaired) electrons. The smallest absolute Gasteiger partial charge is 0.320 e. The van der Waals surface area contributed by atoms with Crippen LogP contribution in [-0.2, 0) is 11.3 Å². The highest BCUT2D eigenvalue weighted by atomic mass is 32.2. The zero-order chi connectivity index (χ0) is 14.0. The largest absolute Gasteiger partial charge is 0.480 e. The summed E-state index contributed by atoms with van der Waals surface area (Å²) in [6.45, 7) is 2.90. The lowest BCUT2D eigenvalue weighted by Gasteiger charge is -2.37. The van der Waals surface area contributed by atoms with Gasteiger partial charge in [0.2, 0.25) is 0 Å². The standard InChI is InChI=1S/C15H20N2O2S/c18-14(19)13-6-9-20-15(16-13)7-8-17(11-15)10-12-4-2-1-3-5-12/h1-5,13,16H,6-11H2,(H,18,19). The molecule has 0 saturated carbocycles. The first-order chi connectivity index (χ1) is 9.67. The third kappa shape index (κ3) is 3.00. The average Bonchev–Trinajstić information content (AvgIpc) is 2.82. The second-order valence-corrected chi connectivity index (χ2v) is 7.09. The van der Waals surface area contributed by atoms with E-state index in [0.29, 0.717) is 0 Å². The van der Waals surface area contributed by atoms with Crippen LogP contribution in [0, 0.1) is 0 Å². The number of benzene rings is 1. The van der Waals surface area contributed by atoms with Crippen molar-refractivity contribution in [1.82, 2.24) is 10.2 Å². The summed E-state index contributed by atoms with van der Waals surface area (Å²) in [6, 6.07) is 10.1. The second-order valence-electron chi connectivity index (χ2n) is 5.61. The quantitative estimate of drug-likeness (QED) is 0.889. The molecule has 0 aromatic heterocycles. The summed E-state index contributed by atoms with van der Waals surface area (Å²) in [5.74, 6) is 0.217. The van der Waals surface area contributed by atoms with Gasteiger partial charge in [-0.05, 0) is 24.2 Å². The van der Waals surface area contributed by atoms with Crippen molar-refractivity contribution in [3.05, 3.63) is 35.9 Å². The van der Waals surface area contributed by atoms with E-state index in [4.69, 9.17) is 0 Å². The Morgan fingerprint density at radius 2 is 2.25 bits per heavy atom. The number of carbonyl (C=O) groups is 1. The Labute approximate surface area is 123 Å². The summed E-state index contributed by atoms with van der Waals surface area (Å²) in [5, 5.41) is 12.6. The molecule has 2 aliphatic rings. The molecule has 0 amide bonds. The summed E-state index contributed by atoms with van der Waals surface area (Å²) in [4.78, 5) is 13.5. The van der Waals surface area contributed by atoms with Crippen molar-refractivity contribution in [3.63, 3.8) is 0 Å². The Morgan fingerprint density at radius 3 is 3.00 bits per heavy atom. The third-order valence-corrected chi connectivity index (χ3v) is 5.52. The average molecular weight is 292 g/mol. The molecule has 4 nitrogen and oxygen atoms in total. The molecule has 1 aromatic rings. The second kappa shape index (κ2) is 5.76. The third-order valence-electron chi connectivity index (χ3n) is 4.08. The van der Waals surface area contributed by atoms with Crippen molar-refractivity contribution in [1.29, 1.82) is 0 Å². The molecular formula is C15H20N2O2S. The molecule has 2 N–H and O–H groups in total. The van der Waals surface area contributed by atoms with Gasteiger partial charge in [-0.2, -0.15) is 0 Å². The van der Waals surface area contributed by atoms with E-state index in [9.17, 15) is 9.90 Å². The Balaban J connectivity index is 1.62. The fourth-order valence-corrected chi connectivity index (χ4v) is 4.54. The molecule has 20 heavy (non-hydrogen) atoms. The van der Waals surface area contributed by atoms with E-state index in [0.717, 1.165) is 38.2 Å². The first-order valence-corrected chi connectivity index (χ1v) is 8.06. The normalized spacial score (nSPS) is 30.7. The van der Waals surface area contributed by atoms with Crippen LogP contribution in [0.25, 0.3) is 0 Å². The predicted molar refractivity (Wildman–Crippen MR) is 80.7 cm³/mol. The van der Waals surface area contributed by atoms with E-state index in [2.05, 4.69) is 34.5 Å². The highest BCUT2D eigenvalue weighted by Crippen LogP contribution is 2.37.